The number of aryl methyl sites for hydroxylation is 3. The lowest BCUT2D eigenvalue weighted by molar-refractivity contribution is 0.0535. The molecule has 0 spiro atoms. The van der Waals surface area contributed by atoms with Crippen molar-refractivity contribution in [1.82, 2.24) is 5.32 Å². The maximum atomic E-state index is 5.54. The lowest BCUT2D eigenvalue weighted by Crippen LogP contribution is -2.33. The summed E-state index contributed by atoms with van der Waals surface area (Å²) in [5.74, 6) is 0.705. The number of benzene rings is 1. The molecule has 0 saturated carbocycles. The van der Waals surface area contributed by atoms with Gasteiger partial charge < -0.3 is 10.1 Å². The average molecular weight is 275 g/mol. The molecule has 0 aromatic heterocycles. The first-order valence-electron chi connectivity index (χ1n) is 8.02. The second kappa shape index (κ2) is 7.24. The zero-order valence-electron chi connectivity index (χ0n) is 13.5. The van der Waals surface area contributed by atoms with Crippen LogP contribution in [0.1, 0.15) is 54.5 Å². The minimum atomic E-state index is 0.484. The van der Waals surface area contributed by atoms with Crippen molar-refractivity contribution in [3.8, 4) is 0 Å². The predicted molar refractivity (Wildman–Crippen MR) is 85.2 cm³/mol. The molecule has 1 heterocycles. The van der Waals surface area contributed by atoms with Crippen molar-refractivity contribution >= 4 is 0 Å². The van der Waals surface area contributed by atoms with Crippen LogP contribution in [0, 0.1) is 26.7 Å². The molecule has 2 heteroatoms. The van der Waals surface area contributed by atoms with Gasteiger partial charge in [0.25, 0.3) is 0 Å². The van der Waals surface area contributed by atoms with Gasteiger partial charge in [0.2, 0.25) is 0 Å². The summed E-state index contributed by atoms with van der Waals surface area (Å²) in [6, 6.07) is 5.22. The van der Waals surface area contributed by atoms with Crippen LogP contribution in [-0.2, 0) is 4.74 Å². The molecule has 0 amide bonds. The van der Waals surface area contributed by atoms with Crippen LogP contribution in [0.15, 0.2) is 12.1 Å². The topological polar surface area (TPSA) is 21.3 Å². The molecule has 2 nitrogen and oxygen atoms in total. The van der Waals surface area contributed by atoms with E-state index in [4.69, 9.17) is 4.74 Å². The third-order valence-corrected chi connectivity index (χ3v) is 4.57. The molecule has 1 aliphatic rings. The Morgan fingerprint density at radius 1 is 1.10 bits per heavy atom. The Morgan fingerprint density at radius 3 is 2.40 bits per heavy atom. The highest BCUT2D eigenvalue weighted by Crippen LogP contribution is 2.33. The number of hydrogen-bond acceptors (Lipinski definition) is 2. The molecule has 1 aromatic rings. The summed E-state index contributed by atoms with van der Waals surface area (Å²) in [4.78, 5) is 0. The van der Waals surface area contributed by atoms with E-state index in [9.17, 15) is 0 Å². The van der Waals surface area contributed by atoms with Gasteiger partial charge >= 0.3 is 0 Å². The predicted octanol–water partition coefficient (Wildman–Crippen LogP) is 4.08. The first-order valence-corrected chi connectivity index (χ1v) is 8.02. The second-order valence-electron chi connectivity index (χ2n) is 6.17. The summed E-state index contributed by atoms with van der Waals surface area (Å²) in [5.41, 5.74) is 5.72. The van der Waals surface area contributed by atoms with Gasteiger partial charge in [-0.25, -0.2) is 0 Å². The fourth-order valence-corrected chi connectivity index (χ4v) is 3.20. The van der Waals surface area contributed by atoms with Crippen LogP contribution < -0.4 is 5.32 Å². The van der Waals surface area contributed by atoms with E-state index < -0.39 is 0 Å². The molecular formula is C18H29NO. The first-order chi connectivity index (χ1) is 9.63. The molecule has 1 aliphatic heterocycles. The summed E-state index contributed by atoms with van der Waals surface area (Å²) in [6.45, 7) is 11.8. The molecule has 112 valence electrons. The zero-order chi connectivity index (χ0) is 14.5. The van der Waals surface area contributed by atoms with Gasteiger partial charge in [0, 0.05) is 19.3 Å². The Hall–Kier alpha value is -0.860. The molecule has 1 unspecified atom stereocenters. The lowest BCUT2D eigenvalue weighted by Gasteiger charge is -2.33. The highest BCUT2D eigenvalue weighted by molar-refractivity contribution is 5.38. The summed E-state index contributed by atoms with van der Waals surface area (Å²) >= 11 is 0. The van der Waals surface area contributed by atoms with E-state index in [0.29, 0.717) is 12.0 Å². The Morgan fingerprint density at radius 2 is 1.75 bits per heavy atom. The molecule has 1 saturated heterocycles. The Labute approximate surface area is 123 Å². The molecule has 1 N–H and O–H groups in total. The largest absolute Gasteiger partial charge is 0.381 e. The van der Waals surface area contributed by atoms with E-state index in [1.54, 1.807) is 0 Å². The van der Waals surface area contributed by atoms with Crippen LogP contribution in [0.4, 0.5) is 0 Å². The van der Waals surface area contributed by atoms with E-state index >= 15 is 0 Å². The van der Waals surface area contributed by atoms with Crippen molar-refractivity contribution in [3.05, 3.63) is 34.4 Å². The fourth-order valence-electron chi connectivity index (χ4n) is 3.20. The minimum absolute atomic E-state index is 0.484. The maximum Gasteiger partial charge on any atom is 0.0469 e. The Balaban J connectivity index is 2.27. The summed E-state index contributed by atoms with van der Waals surface area (Å²) in [7, 11) is 0. The van der Waals surface area contributed by atoms with Gasteiger partial charge in [0.15, 0.2) is 0 Å². The monoisotopic (exact) mass is 275 g/mol. The van der Waals surface area contributed by atoms with Gasteiger partial charge in [-0.15, -0.1) is 0 Å². The second-order valence-corrected chi connectivity index (χ2v) is 6.17. The van der Waals surface area contributed by atoms with Crippen molar-refractivity contribution < 1.29 is 4.74 Å². The van der Waals surface area contributed by atoms with Crippen molar-refractivity contribution in [3.63, 3.8) is 0 Å². The van der Waals surface area contributed by atoms with E-state index in [1.807, 2.05) is 0 Å². The summed E-state index contributed by atoms with van der Waals surface area (Å²) < 4.78 is 5.54. The molecule has 2 rings (SSSR count). The van der Waals surface area contributed by atoms with Crippen LogP contribution in [-0.4, -0.2) is 19.8 Å². The van der Waals surface area contributed by atoms with Gasteiger partial charge in [-0.2, -0.15) is 0 Å². The molecule has 0 aliphatic carbocycles. The minimum Gasteiger partial charge on any atom is -0.381 e. The number of nitrogens with one attached hydrogen (secondary N) is 1. The Bertz CT molecular complexity index is 435. The van der Waals surface area contributed by atoms with Gasteiger partial charge in [0.1, 0.15) is 0 Å². The van der Waals surface area contributed by atoms with E-state index in [1.165, 1.54) is 41.5 Å². The highest BCUT2D eigenvalue weighted by atomic mass is 16.5. The van der Waals surface area contributed by atoms with Crippen LogP contribution in [0.25, 0.3) is 0 Å². The first kappa shape index (κ1) is 15.5. The standard InChI is InChI=1S/C18H29NO/c1-5-8-19-18(16-6-9-20-10-7-16)17-12-14(3)13(2)11-15(17)4/h11-12,16,18-19H,5-10H2,1-4H3. The van der Waals surface area contributed by atoms with Gasteiger partial charge in [-0.3, -0.25) is 0 Å². The number of ether oxygens (including phenoxy) is 1. The molecule has 0 bridgehead atoms. The molecule has 1 atom stereocenters. The molecule has 1 fully saturated rings. The van der Waals surface area contributed by atoms with Gasteiger partial charge in [-0.1, -0.05) is 19.1 Å². The van der Waals surface area contributed by atoms with E-state index in [2.05, 4.69) is 45.1 Å². The van der Waals surface area contributed by atoms with Crippen LogP contribution in [0.5, 0.6) is 0 Å². The van der Waals surface area contributed by atoms with Crippen molar-refractivity contribution in [2.75, 3.05) is 19.8 Å². The maximum absolute atomic E-state index is 5.54. The van der Waals surface area contributed by atoms with Gasteiger partial charge in [0.05, 0.1) is 0 Å². The third kappa shape index (κ3) is 3.62. The normalized spacial score (nSPS) is 18.2. The number of rotatable bonds is 5. The Kier molecular flexibility index (Phi) is 5.62. The summed E-state index contributed by atoms with van der Waals surface area (Å²) in [5, 5.41) is 3.79. The molecular weight excluding hydrogens is 246 g/mol. The van der Waals surface area contributed by atoms with E-state index in [-0.39, 0.29) is 0 Å². The smallest absolute Gasteiger partial charge is 0.0469 e. The van der Waals surface area contributed by atoms with Crippen LogP contribution >= 0.6 is 0 Å². The quantitative estimate of drug-likeness (QED) is 0.874. The average Bonchev–Trinajstić information content (AvgIpc) is 2.45. The third-order valence-electron chi connectivity index (χ3n) is 4.57. The van der Waals surface area contributed by atoms with Crippen molar-refractivity contribution in [2.24, 2.45) is 5.92 Å². The summed E-state index contributed by atoms with van der Waals surface area (Å²) in [6.07, 6.45) is 3.53. The number of hydrogen-bond donors (Lipinski definition) is 1. The lowest BCUT2D eigenvalue weighted by atomic mass is 9.84. The van der Waals surface area contributed by atoms with Crippen molar-refractivity contribution in [1.29, 1.82) is 0 Å². The molecule has 1 aromatic carbocycles. The molecule has 0 radical (unpaired) electrons. The van der Waals surface area contributed by atoms with Gasteiger partial charge in [-0.05, 0) is 74.8 Å². The van der Waals surface area contributed by atoms with Crippen LogP contribution in [0.2, 0.25) is 0 Å². The zero-order valence-corrected chi connectivity index (χ0v) is 13.5. The SMILES string of the molecule is CCCNC(c1cc(C)c(C)cc1C)C1CCOCC1. The van der Waals surface area contributed by atoms with Crippen LogP contribution in [0.3, 0.4) is 0 Å². The van der Waals surface area contributed by atoms with Crippen molar-refractivity contribution in [2.45, 2.75) is 53.0 Å². The molecule has 20 heavy (non-hydrogen) atoms. The fraction of sp³-hybridized carbons (Fsp3) is 0.667. The highest BCUT2D eigenvalue weighted by Gasteiger charge is 2.26. The van der Waals surface area contributed by atoms with E-state index in [0.717, 1.165) is 19.8 Å².